The maximum absolute atomic E-state index is 14.2. The second-order valence-corrected chi connectivity index (χ2v) is 9.45. The molecule has 1 aromatic carbocycles. The van der Waals surface area contributed by atoms with E-state index in [1.807, 2.05) is 4.90 Å². The first-order valence-corrected chi connectivity index (χ1v) is 11.9. The lowest BCUT2D eigenvalue weighted by molar-refractivity contribution is 0.0514. The lowest BCUT2D eigenvalue weighted by atomic mass is 10.2. The molecular weight excluding hydrogens is 502 g/mol. The van der Waals surface area contributed by atoms with Crippen LogP contribution in [0.15, 0.2) is 30.6 Å². The van der Waals surface area contributed by atoms with Gasteiger partial charge in [0.2, 0.25) is 11.9 Å². The monoisotopic (exact) mass is 528 g/mol. The summed E-state index contributed by atoms with van der Waals surface area (Å²) in [5.74, 6) is 0.135. The van der Waals surface area contributed by atoms with Crippen molar-refractivity contribution in [3.63, 3.8) is 0 Å². The molecule has 0 N–H and O–H groups in total. The fraction of sp³-hybridized carbons (Fsp3) is 0.417. The summed E-state index contributed by atoms with van der Waals surface area (Å²) in [4.78, 5) is 32.1. The Balaban J connectivity index is 1.67. The minimum Gasteiger partial charge on any atom is -0.494 e. The molecule has 1 saturated heterocycles. The third-order valence-corrected chi connectivity index (χ3v) is 5.62. The molecule has 0 saturated carbocycles. The van der Waals surface area contributed by atoms with Crippen LogP contribution < -0.4 is 9.64 Å². The van der Waals surface area contributed by atoms with E-state index in [0.29, 0.717) is 43.1 Å². The summed E-state index contributed by atoms with van der Waals surface area (Å²) in [6.07, 6.45) is -0.789. The van der Waals surface area contributed by atoms with Crippen LogP contribution in [0, 0.1) is 0 Å². The average molecular weight is 529 g/mol. The molecule has 0 bridgehead atoms. The Labute approximate surface area is 216 Å². The van der Waals surface area contributed by atoms with Gasteiger partial charge < -0.3 is 19.1 Å². The van der Waals surface area contributed by atoms with Gasteiger partial charge in [0.1, 0.15) is 16.9 Å². The molecule has 0 amide bonds. The minimum absolute atomic E-state index is 0.0624. The van der Waals surface area contributed by atoms with E-state index in [4.69, 9.17) is 14.2 Å². The molecule has 0 atom stereocenters. The molecule has 12 nitrogen and oxygen atoms in total. The Morgan fingerprint density at radius 3 is 2.50 bits per heavy atom. The molecular formula is C24H26F2N8O4. The normalized spacial score (nSPS) is 14.3. The van der Waals surface area contributed by atoms with Gasteiger partial charge in [-0.15, -0.1) is 0 Å². The van der Waals surface area contributed by atoms with Crippen LogP contribution in [0.2, 0.25) is 0 Å². The number of nitrogens with zero attached hydrogens (tertiary/aromatic N) is 8. The van der Waals surface area contributed by atoms with Crippen molar-refractivity contribution in [1.82, 2.24) is 34.3 Å². The molecule has 5 rings (SSSR count). The van der Waals surface area contributed by atoms with Crippen LogP contribution in [0.3, 0.4) is 0 Å². The lowest BCUT2D eigenvalue weighted by Gasteiger charge is -2.27. The van der Waals surface area contributed by atoms with Gasteiger partial charge in [-0.1, -0.05) is 6.07 Å². The highest BCUT2D eigenvalue weighted by atomic mass is 19.3. The molecule has 1 fully saturated rings. The topological polar surface area (TPSA) is 122 Å². The van der Waals surface area contributed by atoms with Gasteiger partial charge in [-0.05, 0) is 32.9 Å². The number of imidazole rings is 1. The van der Waals surface area contributed by atoms with Crippen molar-refractivity contribution in [3.8, 4) is 23.1 Å². The number of benzene rings is 1. The van der Waals surface area contributed by atoms with Gasteiger partial charge in [-0.3, -0.25) is 4.57 Å². The van der Waals surface area contributed by atoms with Crippen LogP contribution in [0.1, 0.15) is 33.0 Å². The summed E-state index contributed by atoms with van der Waals surface area (Å²) in [6, 6.07) is 4.94. The van der Waals surface area contributed by atoms with Crippen molar-refractivity contribution in [1.29, 1.82) is 0 Å². The number of hydrogen-bond acceptors (Lipinski definition) is 10. The van der Waals surface area contributed by atoms with Crippen LogP contribution in [0.25, 0.3) is 28.4 Å². The molecule has 3 aromatic heterocycles. The molecule has 4 heterocycles. The minimum atomic E-state index is -2.92. The van der Waals surface area contributed by atoms with Gasteiger partial charge in [-0.2, -0.15) is 24.7 Å². The number of ether oxygens (including phenoxy) is 3. The van der Waals surface area contributed by atoms with E-state index in [0.717, 1.165) is 4.68 Å². The maximum atomic E-state index is 14.2. The number of alkyl halides is 2. The van der Waals surface area contributed by atoms with Crippen LogP contribution >= 0.6 is 0 Å². The predicted octanol–water partition coefficient (Wildman–Crippen LogP) is 3.64. The van der Waals surface area contributed by atoms with Crippen molar-refractivity contribution in [3.05, 3.63) is 36.4 Å². The molecule has 1 aliphatic heterocycles. The number of hydrogen-bond donors (Lipinski definition) is 0. The number of carbonyl (C=O) groups excluding carboxylic acids is 1. The predicted molar refractivity (Wildman–Crippen MR) is 132 cm³/mol. The van der Waals surface area contributed by atoms with Gasteiger partial charge in [0, 0.05) is 19.3 Å². The van der Waals surface area contributed by atoms with Crippen molar-refractivity contribution in [2.45, 2.75) is 32.8 Å². The summed E-state index contributed by atoms with van der Waals surface area (Å²) in [5.41, 5.74) is 0.240. The number of para-hydroxylation sites is 1. The fourth-order valence-corrected chi connectivity index (χ4v) is 3.95. The van der Waals surface area contributed by atoms with E-state index < -0.39 is 23.9 Å². The van der Waals surface area contributed by atoms with E-state index in [1.165, 1.54) is 24.1 Å². The van der Waals surface area contributed by atoms with Gasteiger partial charge in [-0.25, -0.2) is 18.6 Å². The summed E-state index contributed by atoms with van der Waals surface area (Å²) in [6.45, 7) is 7.15. The molecule has 0 radical (unpaired) electrons. The zero-order valence-corrected chi connectivity index (χ0v) is 21.3. The van der Waals surface area contributed by atoms with E-state index in [2.05, 4.69) is 25.0 Å². The molecule has 0 aliphatic carbocycles. The average Bonchev–Trinajstić information content (AvgIpc) is 3.54. The molecule has 38 heavy (non-hydrogen) atoms. The summed E-state index contributed by atoms with van der Waals surface area (Å²) >= 11 is 0. The smallest absolute Gasteiger partial charge is 0.435 e. The Kier molecular flexibility index (Phi) is 6.65. The molecule has 4 aromatic rings. The third kappa shape index (κ3) is 4.98. The van der Waals surface area contributed by atoms with Crippen LogP contribution in [0.5, 0.6) is 5.75 Å². The number of fused-ring (bicyclic) bond motifs is 1. The molecule has 14 heteroatoms. The maximum Gasteiger partial charge on any atom is 0.435 e. The highest BCUT2D eigenvalue weighted by molar-refractivity contribution is 5.84. The summed E-state index contributed by atoms with van der Waals surface area (Å²) in [7, 11) is 1.44. The van der Waals surface area contributed by atoms with Crippen molar-refractivity contribution in [2.75, 3.05) is 38.3 Å². The lowest BCUT2D eigenvalue weighted by Crippen LogP contribution is -2.37. The zero-order valence-electron chi connectivity index (χ0n) is 21.3. The highest BCUT2D eigenvalue weighted by Crippen LogP contribution is 2.32. The first-order chi connectivity index (χ1) is 18.1. The van der Waals surface area contributed by atoms with Gasteiger partial charge in [0.15, 0.2) is 11.6 Å². The highest BCUT2D eigenvalue weighted by Gasteiger charge is 2.26. The largest absolute Gasteiger partial charge is 0.494 e. The van der Waals surface area contributed by atoms with Crippen molar-refractivity contribution < 1.29 is 27.8 Å². The number of halogens is 2. The van der Waals surface area contributed by atoms with E-state index in [1.54, 1.807) is 39.0 Å². The van der Waals surface area contributed by atoms with Gasteiger partial charge in [0.25, 0.3) is 6.43 Å². The van der Waals surface area contributed by atoms with E-state index in [-0.39, 0.29) is 23.2 Å². The third-order valence-electron chi connectivity index (χ3n) is 5.62. The number of carbonyl (C=O) groups is 1. The Bertz CT molecular complexity index is 1470. The number of morpholine rings is 1. The number of methoxy groups -OCH3 is 1. The summed E-state index contributed by atoms with van der Waals surface area (Å²) < 4.78 is 46.8. The summed E-state index contributed by atoms with van der Waals surface area (Å²) in [5, 5.41) is 4.08. The zero-order chi connectivity index (χ0) is 27.0. The SMILES string of the molecule is COc1cccc2c1nc(C(F)F)n2-c1nc(-c2cnn(C(=O)OC(C)(C)C)c2)nc(N2CCOCC2)n1. The van der Waals surface area contributed by atoms with Gasteiger partial charge in [0.05, 0.1) is 37.6 Å². The van der Waals surface area contributed by atoms with Crippen molar-refractivity contribution in [2.24, 2.45) is 0 Å². The molecule has 0 unspecified atom stereocenters. The van der Waals surface area contributed by atoms with Crippen LogP contribution in [-0.4, -0.2) is 79.4 Å². The Morgan fingerprint density at radius 1 is 1.08 bits per heavy atom. The number of aromatic nitrogens is 7. The van der Waals surface area contributed by atoms with Crippen molar-refractivity contribution >= 4 is 23.1 Å². The molecule has 200 valence electrons. The fourth-order valence-electron chi connectivity index (χ4n) is 3.95. The van der Waals surface area contributed by atoms with Gasteiger partial charge >= 0.3 is 6.09 Å². The number of rotatable bonds is 5. The first-order valence-electron chi connectivity index (χ1n) is 11.9. The Hall–Kier alpha value is -4.20. The molecule has 0 spiro atoms. The quantitative estimate of drug-likeness (QED) is 0.379. The van der Waals surface area contributed by atoms with E-state index >= 15 is 0 Å². The van der Waals surface area contributed by atoms with Crippen LogP contribution in [0.4, 0.5) is 19.5 Å². The Morgan fingerprint density at radius 2 is 1.82 bits per heavy atom. The second-order valence-electron chi connectivity index (χ2n) is 9.45. The second kappa shape index (κ2) is 9.93. The van der Waals surface area contributed by atoms with E-state index in [9.17, 15) is 13.6 Å². The molecule has 1 aliphatic rings. The first kappa shape index (κ1) is 25.4. The standard InChI is InChI=1S/C24H26F2N8O4/c1-24(2,3)38-23(35)33-13-14(12-27-33)19-29-21(32-8-10-37-11-9-32)31-22(30-19)34-15-6-5-7-16(36-4)17(15)28-20(34)18(25)26/h5-7,12-13,18H,8-11H2,1-4H3. The van der Waals surface area contributed by atoms with Crippen LogP contribution in [-0.2, 0) is 9.47 Å². The number of anilines is 1.